The molecule has 0 aliphatic rings. The van der Waals surface area contributed by atoms with Gasteiger partial charge in [0.1, 0.15) is 0 Å². The molecule has 0 aromatic heterocycles. The summed E-state index contributed by atoms with van der Waals surface area (Å²) in [6.07, 6.45) is 0. The van der Waals surface area contributed by atoms with Crippen molar-refractivity contribution in [3.05, 3.63) is 98.9 Å². The first kappa shape index (κ1) is 18.4. The summed E-state index contributed by atoms with van der Waals surface area (Å²) in [7, 11) is 0. The fourth-order valence-electron chi connectivity index (χ4n) is 2.29. The molecule has 0 radical (unpaired) electrons. The number of nitrogens with zero attached hydrogens (tertiary/aromatic N) is 2. The average Bonchev–Trinajstić information content (AvgIpc) is 2.65. The molecular weight excluding hydrogens is 456 g/mol. The van der Waals surface area contributed by atoms with Gasteiger partial charge in [0.15, 0.2) is 0 Å². The van der Waals surface area contributed by atoms with Crippen molar-refractivity contribution in [2.45, 2.75) is 0 Å². The van der Waals surface area contributed by atoms with Crippen molar-refractivity contribution in [1.82, 2.24) is 5.43 Å². The summed E-state index contributed by atoms with van der Waals surface area (Å²) >= 11 is 6.92. The van der Waals surface area contributed by atoms with E-state index in [1.165, 1.54) is 0 Å². The van der Waals surface area contributed by atoms with Crippen molar-refractivity contribution >= 4 is 49.2 Å². The van der Waals surface area contributed by atoms with Crippen LogP contribution < -0.4 is 11.2 Å². The minimum atomic E-state index is 0.225. The predicted octanol–water partition coefficient (Wildman–Crippen LogP) is 5.20. The van der Waals surface area contributed by atoms with Gasteiger partial charge < -0.3 is 5.73 Å². The fraction of sp³-hybridized carbons (Fsp3) is 0. The number of hydrogen-bond acceptors (Lipinski definition) is 2. The van der Waals surface area contributed by atoms with Crippen LogP contribution in [-0.4, -0.2) is 11.7 Å². The average molecular weight is 472 g/mol. The molecule has 4 nitrogen and oxygen atoms in total. The highest BCUT2D eigenvalue weighted by Gasteiger charge is 2.08. The van der Waals surface area contributed by atoms with Gasteiger partial charge in [-0.3, -0.25) is 0 Å². The largest absolute Gasteiger partial charge is 0.368 e. The van der Waals surface area contributed by atoms with Crippen LogP contribution in [0.1, 0.15) is 11.1 Å². The zero-order chi connectivity index (χ0) is 18.4. The van der Waals surface area contributed by atoms with E-state index in [1.54, 1.807) is 0 Å². The second-order valence-corrected chi connectivity index (χ2v) is 7.25. The van der Waals surface area contributed by atoms with Crippen LogP contribution in [0, 0.1) is 0 Å². The van der Waals surface area contributed by atoms with E-state index in [0.717, 1.165) is 31.5 Å². The van der Waals surface area contributed by atoms with Crippen LogP contribution in [0.3, 0.4) is 0 Å². The number of guanidine groups is 1. The lowest BCUT2D eigenvalue weighted by Gasteiger charge is -2.09. The summed E-state index contributed by atoms with van der Waals surface area (Å²) in [5.74, 6) is 0.225. The predicted molar refractivity (Wildman–Crippen MR) is 115 cm³/mol. The second kappa shape index (κ2) is 8.78. The van der Waals surface area contributed by atoms with Crippen LogP contribution in [0.2, 0.25) is 0 Å². The first-order valence-corrected chi connectivity index (χ1v) is 9.45. The summed E-state index contributed by atoms with van der Waals surface area (Å²) in [6.45, 7) is 0. The number of rotatable bonds is 4. The van der Waals surface area contributed by atoms with E-state index >= 15 is 0 Å². The highest BCUT2D eigenvalue weighted by Crippen LogP contribution is 2.17. The Hall–Kier alpha value is -2.44. The van der Waals surface area contributed by atoms with Crippen LogP contribution in [0.15, 0.2) is 97.9 Å². The molecule has 0 saturated carbocycles. The van der Waals surface area contributed by atoms with Crippen molar-refractivity contribution in [1.29, 1.82) is 0 Å². The van der Waals surface area contributed by atoms with Gasteiger partial charge in [0.2, 0.25) is 5.96 Å². The third-order valence-corrected chi connectivity index (χ3v) is 4.58. The van der Waals surface area contributed by atoms with E-state index < -0.39 is 0 Å². The minimum absolute atomic E-state index is 0.225. The number of nitrogens with two attached hydrogens (primary N) is 1. The van der Waals surface area contributed by atoms with E-state index in [4.69, 9.17) is 5.73 Å². The molecular formula is C20H16Br2N4. The maximum atomic E-state index is 5.98. The Bertz CT molecular complexity index is 871. The monoisotopic (exact) mass is 470 g/mol. The first-order chi connectivity index (χ1) is 12.6. The molecule has 3 rings (SSSR count). The molecule has 0 aliphatic heterocycles. The Morgan fingerprint density at radius 3 is 1.73 bits per heavy atom. The molecule has 3 aromatic rings. The fourth-order valence-corrected chi connectivity index (χ4v) is 2.82. The second-order valence-electron chi connectivity index (χ2n) is 5.42. The summed E-state index contributed by atoms with van der Waals surface area (Å²) in [6, 6.07) is 25.4. The SMILES string of the molecule is NC(=Nc1ccccc1)NN=C(c1ccc(Br)cc1)c1ccc(Br)cc1. The lowest BCUT2D eigenvalue weighted by atomic mass is 10.0. The third kappa shape index (κ3) is 5.03. The quantitative estimate of drug-likeness (QED) is 0.312. The van der Waals surface area contributed by atoms with Crippen LogP contribution in [0.4, 0.5) is 5.69 Å². The van der Waals surface area contributed by atoms with Gasteiger partial charge in [0.25, 0.3) is 0 Å². The van der Waals surface area contributed by atoms with Crippen molar-refractivity contribution in [3.8, 4) is 0 Å². The van der Waals surface area contributed by atoms with Gasteiger partial charge in [0.05, 0.1) is 11.4 Å². The highest BCUT2D eigenvalue weighted by atomic mass is 79.9. The number of hydrogen-bond donors (Lipinski definition) is 2. The van der Waals surface area contributed by atoms with Crippen LogP contribution in [-0.2, 0) is 0 Å². The molecule has 0 spiro atoms. The van der Waals surface area contributed by atoms with Crippen LogP contribution in [0.25, 0.3) is 0 Å². The smallest absolute Gasteiger partial charge is 0.214 e. The molecule has 6 heteroatoms. The highest BCUT2D eigenvalue weighted by molar-refractivity contribution is 9.10. The number of benzene rings is 3. The summed E-state index contributed by atoms with van der Waals surface area (Å²) < 4.78 is 2.02. The zero-order valence-electron chi connectivity index (χ0n) is 13.7. The van der Waals surface area contributed by atoms with E-state index in [0.29, 0.717) is 0 Å². The molecule has 3 N–H and O–H groups in total. The Labute approximate surface area is 169 Å². The normalized spacial score (nSPS) is 11.1. The van der Waals surface area contributed by atoms with Crippen molar-refractivity contribution < 1.29 is 0 Å². The summed E-state index contributed by atoms with van der Waals surface area (Å²) in [4.78, 5) is 4.31. The number of nitrogens with one attached hydrogen (secondary N) is 1. The Balaban J connectivity index is 1.92. The first-order valence-electron chi connectivity index (χ1n) is 7.86. The zero-order valence-corrected chi connectivity index (χ0v) is 16.9. The Morgan fingerprint density at radius 2 is 1.23 bits per heavy atom. The minimum Gasteiger partial charge on any atom is -0.368 e. The molecule has 0 bridgehead atoms. The summed E-state index contributed by atoms with van der Waals surface area (Å²) in [5, 5.41) is 4.50. The van der Waals surface area contributed by atoms with Crippen molar-refractivity contribution in [2.24, 2.45) is 15.8 Å². The van der Waals surface area contributed by atoms with E-state index in [9.17, 15) is 0 Å². The molecule has 0 atom stereocenters. The Kier molecular flexibility index (Phi) is 6.20. The molecule has 0 fully saturated rings. The van der Waals surface area contributed by atoms with Gasteiger partial charge >= 0.3 is 0 Å². The molecule has 0 heterocycles. The molecule has 0 aliphatic carbocycles. The van der Waals surface area contributed by atoms with Gasteiger partial charge in [-0.05, 0) is 36.4 Å². The standard InChI is InChI=1S/C20H16Br2N4/c21-16-10-6-14(7-11-16)19(15-8-12-17(22)13-9-15)25-26-20(23)24-18-4-2-1-3-5-18/h1-13H,(H3,23,24,26). The maximum absolute atomic E-state index is 5.98. The number of halogens is 2. The number of hydrazone groups is 1. The lowest BCUT2D eigenvalue weighted by Crippen LogP contribution is -2.28. The topological polar surface area (TPSA) is 62.8 Å². The van der Waals surface area contributed by atoms with Gasteiger partial charge in [-0.1, -0.05) is 74.3 Å². The molecule has 130 valence electrons. The van der Waals surface area contributed by atoms with Gasteiger partial charge in [-0.25, -0.2) is 10.4 Å². The van der Waals surface area contributed by atoms with Crippen LogP contribution >= 0.6 is 31.9 Å². The molecule has 26 heavy (non-hydrogen) atoms. The molecule has 0 amide bonds. The van der Waals surface area contributed by atoms with Crippen molar-refractivity contribution in [2.75, 3.05) is 0 Å². The van der Waals surface area contributed by atoms with Crippen molar-refractivity contribution in [3.63, 3.8) is 0 Å². The molecule has 3 aromatic carbocycles. The van der Waals surface area contributed by atoms with Gasteiger partial charge in [-0.15, -0.1) is 0 Å². The molecule has 0 unspecified atom stereocenters. The van der Waals surface area contributed by atoms with E-state index in [1.807, 2.05) is 78.9 Å². The van der Waals surface area contributed by atoms with Gasteiger partial charge in [0, 0.05) is 20.1 Å². The maximum Gasteiger partial charge on any atom is 0.214 e. The Morgan fingerprint density at radius 1 is 0.731 bits per heavy atom. The van der Waals surface area contributed by atoms with Crippen LogP contribution in [0.5, 0.6) is 0 Å². The number of aliphatic imine (C=N–C) groups is 1. The molecule has 0 saturated heterocycles. The lowest BCUT2D eigenvalue weighted by molar-refractivity contribution is 1.01. The van der Waals surface area contributed by atoms with E-state index in [2.05, 4.69) is 47.4 Å². The number of para-hydroxylation sites is 1. The van der Waals surface area contributed by atoms with E-state index in [-0.39, 0.29) is 5.96 Å². The summed E-state index contributed by atoms with van der Waals surface area (Å²) in [5.41, 5.74) is 12.3. The third-order valence-electron chi connectivity index (χ3n) is 3.52. The van der Waals surface area contributed by atoms with Gasteiger partial charge in [-0.2, -0.15) is 5.10 Å².